The molecule has 21 heavy (non-hydrogen) atoms. The van der Waals surface area contributed by atoms with Gasteiger partial charge in [-0.15, -0.1) is 0 Å². The molecular formula is C12H16ClF3N4O. The molecule has 1 N–H and O–H groups in total. The molecule has 0 bridgehead atoms. The molecule has 2 rings (SSSR count). The van der Waals surface area contributed by atoms with Crippen LogP contribution in [0.1, 0.15) is 13.8 Å². The van der Waals surface area contributed by atoms with Gasteiger partial charge in [-0.3, -0.25) is 4.79 Å². The van der Waals surface area contributed by atoms with Crippen LogP contribution in [0.25, 0.3) is 0 Å². The molecular weight excluding hydrogens is 309 g/mol. The third kappa shape index (κ3) is 3.88. The van der Waals surface area contributed by atoms with Crippen molar-refractivity contribution in [2.75, 3.05) is 18.0 Å². The second kappa shape index (κ2) is 5.84. The lowest BCUT2D eigenvalue weighted by Crippen LogP contribution is -2.54. The average Bonchev–Trinajstić information content (AvgIpc) is 2.32. The summed E-state index contributed by atoms with van der Waals surface area (Å²) in [5.41, 5.74) is -0.550. The predicted molar refractivity (Wildman–Crippen MR) is 73.8 cm³/mol. The first kappa shape index (κ1) is 16.1. The van der Waals surface area contributed by atoms with Crippen LogP contribution in [0.5, 0.6) is 0 Å². The Morgan fingerprint density at radius 1 is 1.38 bits per heavy atom. The van der Waals surface area contributed by atoms with Gasteiger partial charge in [0.15, 0.2) is 0 Å². The number of hydrogen-bond donors (Lipinski definition) is 1. The third-order valence-corrected chi connectivity index (χ3v) is 3.55. The van der Waals surface area contributed by atoms with Gasteiger partial charge in [-0.1, -0.05) is 11.6 Å². The first-order chi connectivity index (χ1) is 9.67. The van der Waals surface area contributed by atoms with Gasteiger partial charge in [0.05, 0.1) is 11.9 Å². The second-order valence-electron chi connectivity index (χ2n) is 5.30. The lowest BCUT2D eigenvalue weighted by atomic mass is 10.1. The SMILES string of the molecule is CC1CN(c2cnn(CC(F)(F)F)c(=O)c2Cl)CC(C)N1. The molecule has 0 amide bonds. The summed E-state index contributed by atoms with van der Waals surface area (Å²) in [6, 6.07) is 0.366. The van der Waals surface area contributed by atoms with Crippen molar-refractivity contribution >= 4 is 17.3 Å². The Morgan fingerprint density at radius 3 is 2.48 bits per heavy atom. The number of halogens is 4. The van der Waals surface area contributed by atoms with Crippen molar-refractivity contribution in [3.63, 3.8) is 0 Å². The summed E-state index contributed by atoms with van der Waals surface area (Å²) in [6.07, 6.45) is -3.29. The largest absolute Gasteiger partial charge is 0.408 e. The maximum atomic E-state index is 12.3. The van der Waals surface area contributed by atoms with Crippen LogP contribution in [0.2, 0.25) is 5.02 Å². The molecule has 1 aliphatic heterocycles. The van der Waals surface area contributed by atoms with E-state index in [1.54, 1.807) is 0 Å². The van der Waals surface area contributed by atoms with E-state index in [9.17, 15) is 18.0 Å². The number of rotatable bonds is 2. The zero-order valence-electron chi connectivity index (χ0n) is 11.6. The van der Waals surface area contributed by atoms with Crippen LogP contribution in [0.3, 0.4) is 0 Å². The highest BCUT2D eigenvalue weighted by Gasteiger charge is 2.30. The zero-order valence-corrected chi connectivity index (χ0v) is 12.4. The smallest absolute Gasteiger partial charge is 0.366 e. The number of anilines is 1. The van der Waals surface area contributed by atoms with Gasteiger partial charge < -0.3 is 10.2 Å². The fourth-order valence-corrected chi connectivity index (χ4v) is 2.75. The highest BCUT2D eigenvalue weighted by molar-refractivity contribution is 6.33. The van der Waals surface area contributed by atoms with Crippen LogP contribution in [0.4, 0.5) is 18.9 Å². The van der Waals surface area contributed by atoms with Crippen LogP contribution >= 0.6 is 11.6 Å². The minimum absolute atomic E-state index is 0.183. The summed E-state index contributed by atoms with van der Waals surface area (Å²) < 4.78 is 37.4. The molecule has 1 aliphatic rings. The number of nitrogens with zero attached hydrogens (tertiary/aromatic N) is 3. The Morgan fingerprint density at radius 2 is 1.95 bits per heavy atom. The highest BCUT2D eigenvalue weighted by atomic mass is 35.5. The van der Waals surface area contributed by atoms with Crippen molar-refractivity contribution in [1.82, 2.24) is 15.1 Å². The lowest BCUT2D eigenvalue weighted by Gasteiger charge is -2.37. The van der Waals surface area contributed by atoms with Crippen LogP contribution in [-0.4, -0.2) is 41.1 Å². The van der Waals surface area contributed by atoms with Gasteiger partial charge in [0.2, 0.25) is 0 Å². The number of nitrogens with one attached hydrogen (secondary N) is 1. The molecule has 2 unspecified atom stereocenters. The predicted octanol–water partition coefficient (Wildman–Crippen LogP) is 1.65. The Bertz CT molecular complexity index is 565. The van der Waals surface area contributed by atoms with Crippen molar-refractivity contribution in [3.05, 3.63) is 21.6 Å². The molecule has 1 fully saturated rings. The summed E-state index contributed by atoms with van der Waals surface area (Å²) in [5.74, 6) is 0. The quantitative estimate of drug-likeness (QED) is 0.898. The van der Waals surface area contributed by atoms with E-state index < -0.39 is 18.3 Å². The average molecular weight is 325 g/mol. The molecule has 1 aromatic rings. The Labute approximate surface area is 124 Å². The minimum atomic E-state index is -4.51. The molecule has 9 heteroatoms. The van der Waals surface area contributed by atoms with Gasteiger partial charge in [-0.2, -0.15) is 18.3 Å². The van der Waals surface area contributed by atoms with Crippen molar-refractivity contribution in [3.8, 4) is 0 Å². The molecule has 2 atom stereocenters. The number of aromatic nitrogens is 2. The number of alkyl halides is 3. The standard InChI is InChI=1S/C12H16ClF3N4O/c1-7-4-19(5-8(2)18-7)9-3-17-20(6-12(14,15)16)11(21)10(9)13/h3,7-8,18H,4-6H2,1-2H3. The fraction of sp³-hybridized carbons (Fsp3) is 0.667. The maximum absolute atomic E-state index is 12.3. The van der Waals surface area contributed by atoms with Gasteiger partial charge in [-0.25, -0.2) is 4.68 Å². The molecule has 0 radical (unpaired) electrons. The van der Waals surface area contributed by atoms with Gasteiger partial charge >= 0.3 is 6.18 Å². The normalized spacial score (nSPS) is 23.4. The topological polar surface area (TPSA) is 50.2 Å². The van der Waals surface area contributed by atoms with Crippen LogP contribution in [-0.2, 0) is 6.54 Å². The number of piperazine rings is 1. The van der Waals surface area contributed by atoms with E-state index in [0.717, 1.165) is 0 Å². The minimum Gasteiger partial charge on any atom is -0.366 e. The summed E-state index contributed by atoms with van der Waals surface area (Å²) >= 11 is 5.95. The summed E-state index contributed by atoms with van der Waals surface area (Å²) in [4.78, 5) is 13.8. The van der Waals surface area contributed by atoms with E-state index >= 15 is 0 Å². The molecule has 0 spiro atoms. The summed E-state index contributed by atoms with van der Waals surface area (Å²) in [5, 5.41) is 6.68. The van der Waals surface area contributed by atoms with E-state index in [1.165, 1.54) is 6.20 Å². The summed E-state index contributed by atoms with van der Waals surface area (Å²) in [7, 11) is 0. The Hall–Kier alpha value is -1.28. The van der Waals surface area contributed by atoms with Crippen LogP contribution < -0.4 is 15.8 Å². The number of hydrogen-bond acceptors (Lipinski definition) is 4. The fourth-order valence-electron chi connectivity index (χ4n) is 2.48. The highest BCUT2D eigenvalue weighted by Crippen LogP contribution is 2.24. The molecule has 118 valence electrons. The van der Waals surface area contributed by atoms with Gasteiger partial charge in [0, 0.05) is 25.2 Å². The van der Waals surface area contributed by atoms with Crippen LogP contribution in [0, 0.1) is 0 Å². The van der Waals surface area contributed by atoms with Crippen molar-refractivity contribution in [1.29, 1.82) is 0 Å². The van der Waals surface area contributed by atoms with E-state index in [4.69, 9.17) is 11.6 Å². The second-order valence-corrected chi connectivity index (χ2v) is 5.67. The molecule has 1 aromatic heterocycles. The van der Waals surface area contributed by atoms with E-state index in [1.807, 2.05) is 18.7 Å². The first-order valence-electron chi connectivity index (χ1n) is 6.50. The monoisotopic (exact) mass is 324 g/mol. The molecule has 0 aromatic carbocycles. The third-order valence-electron chi connectivity index (χ3n) is 3.19. The van der Waals surface area contributed by atoms with Crippen LogP contribution in [0.15, 0.2) is 11.0 Å². The Balaban J connectivity index is 2.30. The molecule has 0 aliphatic carbocycles. The van der Waals surface area contributed by atoms with Crippen molar-refractivity contribution < 1.29 is 13.2 Å². The lowest BCUT2D eigenvalue weighted by molar-refractivity contribution is -0.143. The molecule has 5 nitrogen and oxygen atoms in total. The molecule has 2 heterocycles. The zero-order chi connectivity index (χ0) is 15.8. The van der Waals surface area contributed by atoms with Gasteiger partial charge in [0.25, 0.3) is 5.56 Å². The first-order valence-corrected chi connectivity index (χ1v) is 6.88. The van der Waals surface area contributed by atoms with E-state index in [-0.39, 0.29) is 17.1 Å². The maximum Gasteiger partial charge on any atom is 0.408 e. The molecule has 0 saturated carbocycles. The van der Waals surface area contributed by atoms with Crippen molar-refractivity contribution in [2.45, 2.75) is 38.7 Å². The van der Waals surface area contributed by atoms with Gasteiger partial charge in [0.1, 0.15) is 11.6 Å². The van der Waals surface area contributed by atoms with Gasteiger partial charge in [-0.05, 0) is 13.8 Å². The molecule has 1 saturated heterocycles. The van der Waals surface area contributed by atoms with Crippen molar-refractivity contribution in [2.24, 2.45) is 0 Å². The van der Waals surface area contributed by atoms with E-state index in [0.29, 0.717) is 23.5 Å². The van der Waals surface area contributed by atoms with E-state index in [2.05, 4.69) is 10.4 Å². The Kier molecular flexibility index (Phi) is 4.48. The summed E-state index contributed by atoms with van der Waals surface area (Å²) in [6.45, 7) is 3.73.